The third kappa shape index (κ3) is 5.48. The lowest BCUT2D eigenvalue weighted by Gasteiger charge is -2.14. The van der Waals surface area contributed by atoms with Gasteiger partial charge in [-0.1, -0.05) is 63.6 Å². The lowest BCUT2D eigenvalue weighted by atomic mass is 10.2. The topological polar surface area (TPSA) is 29.5 Å². The number of benzene rings is 3. The molecule has 0 N–H and O–H groups in total. The SMILES string of the molecule is O=C1/C(=C\c2cc(Br)c(OCc3ccc(Cl)cc3)c(Br)c2)SC(=S)N1c1ccc(Br)cc1. The Kier molecular flexibility index (Phi) is 7.80. The van der Waals surface area contributed by atoms with E-state index in [1.807, 2.05) is 66.7 Å². The van der Waals surface area contributed by atoms with Crippen LogP contribution < -0.4 is 9.64 Å². The molecular weight excluding hydrogens is 662 g/mol. The third-order valence-electron chi connectivity index (χ3n) is 4.49. The standard InChI is InChI=1S/C23H13Br3ClNO2S2/c24-15-3-7-17(8-4-15)28-22(29)20(32-23(28)31)11-14-9-18(25)21(19(26)10-14)30-12-13-1-5-16(27)6-2-13/h1-11H,12H2/b20-11+. The summed E-state index contributed by atoms with van der Waals surface area (Å²) in [6.45, 7) is 0.402. The zero-order chi connectivity index (χ0) is 22.8. The lowest BCUT2D eigenvalue weighted by molar-refractivity contribution is -0.113. The summed E-state index contributed by atoms with van der Waals surface area (Å²) in [6, 6.07) is 18.8. The maximum Gasteiger partial charge on any atom is 0.270 e. The second-order valence-electron chi connectivity index (χ2n) is 6.72. The van der Waals surface area contributed by atoms with Crippen molar-refractivity contribution >= 4 is 105 Å². The second-order valence-corrected chi connectivity index (χ2v) is 11.5. The average Bonchev–Trinajstić information content (AvgIpc) is 3.02. The van der Waals surface area contributed by atoms with Gasteiger partial charge in [-0.05, 0) is 97.6 Å². The number of carbonyl (C=O) groups excluding carboxylic acids is 1. The van der Waals surface area contributed by atoms with Crippen LogP contribution in [0, 0.1) is 0 Å². The largest absolute Gasteiger partial charge is 0.487 e. The van der Waals surface area contributed by atoms with Gasteiger partial charge in [-0.15, -0.1) is 0 Å². The van der Waals surface area contributed by atoms with Crippen LogP contribution >= 0.6 is 83.4 Å². The summed E-state index contributed by atoms with van der Waals surface area (Å²) in [7, 11) is 0. The van der Waals surface area contributed by atoms with E-state index in [1.165, 1.54) is 11.8 Å². The first-order valence-corrected chi connectivity index (χ1v) is 13.2. The van der Waals surface area contributed by atoms with Crippen molar-refractivity contribution in [1.82, 2.24) is 0 Å². The van der Waals surface area contributed by atoms with Gasteiger partial charge in [0.05, 0.1) is 19.5 Å². The normalized spacial score (nSPS) is 15.0. The first kappa shape index (κ1) is 24.0. The fourth-order valence-corrected chi connectivity index (χ4v) is 6.11. The van der Waals surface area contributed by atoms with Crippen molar-refractivity contribution in [1.29, 1.82) is 0 Å². The van der Waals surface area contributed by atoms with Gasteiger partial charge in [0.2, 0.25) is 0 Å². The van der Waals surface area contributed by atoms with Gasteiger partial charge in [-0.2, -0.15) is 0 Å². The predicted octanol–water partition coefficient (Wildman–Crippen LogP) is 8.61. The molecule has 4 rings (SSSR count). The van der Waals surface area contributed by atoms with Crippen LogP contribution in [-0.2, 0) is 11.4 Å². The number of hydrogen-bond acceptors (Lipinski definition) is 4. The van der Waals surface area contributed by atoms with Gasteiger partial charge in [-0.25, -0.2) is 0 Å². The summed E-state index contributed by atoms with van der Waals surface area (Å²) in [5.74, 6) is 0.539. The van der Waals surface area contributed by atoms with Crippen molar-refractivity contribution in [2.45, 2.75) is 6.61 Å². The number of carbonyl (C=O) groups is 1. The molecule has 1 amide bonds. The molecule has 32 heavy (non-hydrogen) atoms. The Morgan fingerprint density at radius 1 is 1.00 bits per heavy atom. The summed E-state index contributed by atoms with van der Waals surface area (Å²) in [4.78, 5) is 15.1. The van der Waals surface area contributed by atoms with E-state index >= 15 is 0 Å². The molecule has 1 fully saturated rings. The quantitative estimate of drug-likeness (QED) is 0.200. The molecule has 1 aliphatic heterocycles. The maximum absolute atomic E-state index is 13.0. The molecule has 3 nitrogen and oxygen atoms in total. The molecule has 0 unspecified atom stereocenters. The Hall–Kier alpha value is -1.16. The van der Waals surface area contributed by atoms with Crippen LogP contribution in [0.4, 0.5) is 5.69 Å². The number of thioether (sulfide) groups is 1. The van der Waals surface area contributed by atoms with E-state index in [0.717, 1.165) is 30.2 Å². The number of hydrogen-bond donors (Lipinski definition) is 0. The van der Waals surface area contributed by atoms with E-state index in [2.05, 4.69) is 47.8 Å². The minimum Gasteiger partial charge on any atom is -0.487 e. The zero-order valence-electron chi connectivity index (χ0n) is 16.2. The molecular formula is C23H13Br3ClNO2S2. The molecule has 0 aromatic heterocycles. The molecule has 0 radical (unpaired) electrons. The van der Waals surface area contributed by atoms with Gasteiger partial charge in [0, 0.05) is 9.50 Å². The lowest BCUT2D eigenvalue weighted by Crippen LogP contribution is -2.27. The molecule has 9 heteroatoms. The van der Waals surface area contributed by atoms with Crippen LogP contribution in [0.15, 0.2) is 79.0 Å². The minimum absolute atomic E-state index is 0.141. The van der Waals surface area contributed by atoms with Crippen LogP contribution in [0.3, 0.4) is 0 Å². The van der Waals surface area contributed by atoms with Gasteiger partial charge in [-0.3, -0.25) is 9.69 Å². The maximum atomic E-state index is 13.0. The molecule has 162 valence electrons. The van der Waals surface area contributed by atoms with Crippen molar-refractivity contribution in [3.8, 4) is 5.75 Å². The molecule has 1 saturated heterocycles. The summed E-state index contributed by atoms with van der Waals surface area (Å²) in [6.07, 6.45) is 1.83. The van der Waals surface area contributed by atoms with Crippen molar-refractivity contribution in [3.63, 3.8) is 0 Å². The number of rotatable bonds is 5. The highest BCUT2D eigenvalue weighted by Crippen LogP contribution is 2.39. The van der Waals surface area contributed by atoms with Gasteiger partial charge in [0.15, 0.2) is 4.32 Å². The number of amides is 1. The fraction of sp³-hybridized carbons (Fsp3) is 0.0435. The molecule has 0 aliphatic carbocycles. The molecule has 1 aliphatic rings. The first-order chi connectivity index (χ1) is 15.3. The van der Waals surface area contributed by atoms with Crippen molar-refractivity contribution in [3.05, 3.63) is 95.1 Å². The van der Waals surface area contributed by atoms with Crippen molar-refractivity contribution < 1.29 is 9.53 Å². The molecule has 0 atom stereocenters. The Bertz CT molecular complexity index is 1210. The van der Waals surface area contributed by atoms with Gasteiger partial charge < -0.3 is 4.74 Å². The minimum atomic E-state index is -0.141. The number of ether oxygens (including phenoxy) is 1. The first-order valence-electron chi connectivity index (χ1n) is 9.21. The summed E-state index contributed by atoms with van der Waals surface area (Å²) in [5, 5.41) is 0.686. The smallest absolute Gasteiger partial charge is 0.270 e. The molecule has 0 bridgehead atoms. The monoisotopic (exact) mass is 671 g/mol. The molecule has 3 aromatic rings. The zero-order valence-corrected chi connectivity index (χ0v) is 23.3. The van der Waals surface area contributed by atoms with E-state index in [0.29, 0.717) is 26.6 Å². The van der Waals surface area contributed by atoms with Crippen LogP contribution in [0.1, 0.15) is 11.1 Å². The Morgan fingerprint density at radius 2 is 1.62 bits per heavy atom. The van der Waals surface area contributed by atoms with Gasteiger partial charge >= 0.3 is 0 Å². The van der Waals surface area contributed by atoms with Crippen LogP contribution in [0.25, 0.3) is 6.08 Å². The van der Waals surface area contributed by atoms with E-state index in [1.54, 1.807) is 4.90 Å². The average molecular weight is 675 g/mol. The number of nitrogens with zero attached hydrogens (tertiary/aromatic N) is 1. The highest BCUT2D eigenvalue weighted by atomic mass is 79.9. The Labute approximate surface area is 225 Å². The molecule has 0 saturated carbocycles. The van der Waals surface area contributed by atoms with Gasteiger partial charge in [0.25, 0.3) is 5.91 Å². The summed E-state index contributed by atoms with van der Waals surface area (Å²) >= 11 is 23.2. The third-order valence-corrected chi connectivity index (χ3v) is 7.75. The van der Waals surface area contributed by atoms with E-state index in [-0.39, 0.29) is 5.91 Å². The Balaban J connectivity index is 1.54. The molecule has 0 spiro atoms. The van der Waals surface area contributed by atoms with E-state index < -0.39 is 0 Å². The Morgan fingerprint density at radius 3 is 2.25 bits per heavy atom. The molecule has 3 aromatic carbocycles. The van der Waals surface area contributed by atoms with Crippen molar-refractivity contribution in [2.24, 2.45) is 0 Å². The highest BCUT2D eigenvalue weighted by Gasteiger charge is 2.33. The van der Waals surface area contributed by atoms with E-state index in [4.69, 9.17) is 28.6 Å². The highest BCUT2D eigenvalue weighted by molar-refractivity contribution is 9.11. The summed E-state index contributed by atoms with van der Waals surface area (Å²) < 4.78 is 8.97. The molecule has 1 heterocycles. The fourth-order valence-electron chi connectivity index (χ4n) is 2.97. The van der Waals surface area contributed by atoms with Crippen molar-refractivity contribution in [2.75, 3.05) is 4.90 Å². The van der Waals surface area contributed by atoms with Crippen LogP contribution in [0.5, 0.6) is 5.75 Å². The predicted molar refractivity (Wildman–Crippen MR) is 147 cm³/mol. The number of anilines is 1. The summed E-state index contributed by atoms with van der Waals surface area (Å²) in [5.41, 5.74) is 2.60. The van der Waals surface area contributed by atoms with Gasteiger partial charge in [0.1, 0.15) is 12.4 Å². The van der Waals surface area contributed by atoms with E-state index in [9.17, 15) is 4.79 Å². The number of halogens is 4. The van der Waals surface area contributed by atoms with Crippen LogP contribution in [0.2, 0.25) is 5.02 Å². The van der Waals surface area contributed by atoms with Crippen LogP contribution in [-0.4, -0.2) is 10.2 Å². The number of thiocarbonyl (C=S) groups is 1. The second kappa shape index (κ2) is 10.4.